The van der Waals surface area contributed by atoms with Gasteiger partial charge < -0.3 is 30.1 Å². The van der Waals surface area contributed by atoms with Crippen LogP contribution in [0.2, 0.25) is 0 Å². The Bertz CT molecular complexity index is 1380. The molecule has 3 atom stereocenters. The number of carbonyl (C=O) groups excluding carboxylic acids is 1. The number of fused-ring (bicyclic) bond motifs is 1. The molecule has 0 aromatic heterocycles. The van der Waals surface area contributed by atoms with Crippen LogP contribution in [0.3, 0.4) is 0 Å². The van der Waals surface area contributed by atoms with E-state index in [4.69, 9.17) is 24.6 Å². The summed E-state index contributed by atoms with van der Waals surface area (Å²) in [6.07, 6.45) is -6.51. The molecule has 1 saturated heterocycles. The molecule has 2 aliphatic rings. The molecule has 0 spiro atoms. The Kier molecular flexibility index (Phi) is 10.1. The highest BCUT2D eigenvalue weighted by Gasteiger charge is 2.50. The number of aliphatic carboxylic acids is 1. The van der Waals surface area contributed by atoms with Gasteiger partial charge in [0.15, 0.2) is 11.5 Å². The lowest BCUT2D eigenvalue weighted by Crippen LogP contribution is -2.52. The zero-order valence-corrected chi connectivity index (χ0v) is 23.4. The molecule has 1 aliphatic heterocycles. The summed E-state index contributed by atoms with van der Waals surface area (Å²) < 4.78 is 82.4. The van der Waals surface area contributed by atoms with Crippen molar-refractivity contribution < 1.29 is 50.5 Å². The molecule has 234 valence electrons. The second-order valence-electron chi connectivity index (χ2n) is 10.2. The Hall–Kier alpha value is -4.19. The third-order valence-corrected chi connectivity index (χ3v) is 7.77. The summed E-state index contributed by atoms with van der Waals surface area (Å²) in [6.45, 7) is 0.920. The lowest BCUT2D eigenvalue weighted by atomic mass is 9.65. The minimum absolute atomic E-state index is 0.0210. The number of halogens is 6. The second-order valence-corrected chi connectivity index (χ2v) is 10.2. The standard InChI is InChI=1S/C26H29F3N4O3.C2HF3O2/c1-33-11-10-25(17-5-7-21(35-2)22(12-17)36-3)9-8-19(14-23(25)33)32-24(34)31-18-6-4-16(15-30)20(13-18)26(27,28)29;3-2(4,5)1(6)7/h4-7,12-13,19,23H,8-11,14H2,1-3H3,(H2,31,32,34);(H,6,7). The van der Waals surface area contributed by atoms with Gasteiger partial charge in [-0.15, -0.1) is 0 Å². The number of nitriles is 1. The zero-order valence-electron chi connectivity index (χ0n) is 23.4. The number of likely N-dealkylation sites (tertiary alicyclic amines) is 1. The molecular formula is C28H30F6N4O5. The van der Waals surface area contributed by atoms with Crippen LogP contribution in [-0.2, 0) is 16.4 Å². The maximum absolute atomic E-state index is 13.3. The Balaban J connectivity index is 0.000000646. The number of rotatable bonds is 5. The molecule has 2 aromatic carbocycles. The summed E-state index contributed by atoms with van der Waals surface area (Å²) in [6, 6.07) is 10.2. The topological polar surface area (TPSA) is 124 Å². The number of hydrogen-bond acceptors (Lipinski definition) is 6. The Morgan fingerprint density at radius 2 is 1.70 bits per heavy atom. The van der Waals surface area contributed by atoms with E-state index in [1.54, 1.807) is 14.2 Å². The van der Waals surface area contributed by atoms with Crippen LogP contribution in [0.25, 0.3) is 0 Å². The first-order chi connectivity index (χ1) is 20.0. The molecule has 15 heteroatoms. The lowest BCUT2D eigenvalue weighted by molar-refractivity contribution is -0.192. The van der Waals surface area contributed by atoms with Crippen LogP contribution in [0.1, 0.15) is 42.4 Å². The molecule has 3 unspecified atom stereocenters. The highest BCUT2D eigenvalue weighted by Crippen LogP contribution is 2.50. The van der Waals surface area contributed by atoms with Crippen molar-refractivity contribution in [1.29, 1.82) is 5.26 Å². The molecule has 2 amide bonds. The van der Waals surface area contributed by atoms with Gasteiger partial charge in [0.2, 0.25) is 0 Å². The first-order valence-corrected chi connectivity index (χ1v) is 13.0. The highest BCUT2D eigenvalue weighted by molar-refractivity contribution is 5.89. The summed E-state index contributed by atoms with van der Waals surface area (Å²) >= 11 is 0. The van der Waals surface area contributed by atoms with Crippen LogP contribution in [-0.4, -0.2) is 68.1 Å². The number of nitrogens with zero attached hydrogens (tertiary/aromatic N) is 2. The lowest BCUT2D eigenvalue weighted by Gasteiger charge is -2.45. The summed E-state index contributed by atoms with van der Waals surface area (Å²) in [5.41, 5.74) is -0.497. The molecule has 4 rings (SSSR count). The number of methoxy groups -OCH3 is 2. The van der Waals surface area contributed by atoms with Gasteiger partial charge in [0.25, 0.3) is 0 Å². The van der Waals surface area contributed by atoms with Gasteiger partial charge in [0.1, 0.15) is 0 Å². The van der Waals surface area contributed by atoms with E-state index in [0.29, 0.717) is 17.9 Å². The number of alkyl halides is 6. The summed E-state index contributed by atoms with van der Waals surface area (Å²) in [7, 11) is 5.29. The van der Waals surface area contributed by atoms with Crippen molar-refractivity contribution in [3.05, 3.63) is 53.1 Å². The maximum atomic E-state index is 13.3. The SMILES string of the molecule is COc1ccc(C23CCC(NC(=O)Nc4ccc(C#N)c(C(F)(F)F)c4)CC2N(C)CC3)cc1OC.O=C(O)C(F)(F)F. The molecule has 0 bridgehead atoms. The number of benzene rings is 2. The fourth-order valence-electron chi connectivity index (χ4n) is 5.70. The van der Waals surface area contributed by atoms with Gasteiger partial charge in [0.05, 0.1) is 31.4 Å². The minimum Gasteiger partial charge on any atom is -0.493 e. The summed E-state index contributed by atoms with van der Waals surface area (Å²) in [5.74, 6) is -1.41. The molecule has 1 saturated carbocycles. The van der Waals surface area contributed by atoms with Crippen LogP contribution >= 0.6 is 0 Å². The van der Waals surface area contributed by atoms with E-state index in [9.17, 15) is 31.1 Å². The summed E-state index contributed by atoms with van der Waals surface area (Å²) in [5, 5.41) is 21.5. The number of hydrogen-bond donors (Lipinski definition) is 3. The number of amides is 2. The predicted octanol–water partition coefficient (Wildman–Crippen LogP) is 5.54. The van der Waals surface area contributed by atoms with E-state index in [0.717, 1.165) is 37.9 Å². The molecular weight excluding hydrogens is 586 g/mol. The van der Waals surface area contributed by atoms with Crippen LogP contribution < -0.4 is 20.1 Å². The van der Waals surface area contributed by atoms with Crippen molar-refractivity contribution in [3.8, 4) is 17.6 Å². The number of nitrogens with one attached hydrogen (secondary N) is 2. The number of likely N-dealkylation sites (N-methyl/N-ethyl adjacent to an activating group) is 1. The van der Waals surface area contributed by atoms with Crippen molar-refractivity contribution in [1.82, 2.24) is 10.2 Å². The number of carboxylic acids is 1. The minimum atomic E-state index is -5.08. The fourth-order valence-corrected chi connectivity index (χ4v) is 5.70. The average molecular weight is 617 g/mol. The number of anilines is 1. The second kappa shape index (κ2) is 13.0. The van der Waals surface area contributed by atoms with Crippen molar-refractivity contribution >= 4 is 17.7 Å². The van der Waals surface area contributed by atoms with Gasteiger partial charge >= 0.3 is 24.4 Å². The molecule has 43 heavy (non-hydrogen) atoms. The van der Waals surface area contributed by atoms with Gasteiger partial charge in [-0.2, -0.15) is 31.6 Å². The van der Waals surface area contributed by atoms with Crippen molar-refractivity contribution in [2.75, 3.05) is 33.1 Å². The van der Waals surface area contributed by atoms with E-state index in [2.05, 4.69) is 28.6 Å². The van der Waals surface area contributed by atoms with E-state index in [1.165, 1.54) is 17.7 Å². The normalized spacial score (nSPS) is 21.9. The average Bonchev–Trinajstić information content (AvgIpc) is 3.28. The Morgan fingerprint density at radius 1 is 1.05 bits per heavy atom. The predicted molar refractivity (Wildman–Crippen MR) is 142 cm³/mol. The summed E-state index contributed by atoms with van der Waals surface area (Å²) in [4.78, 5) is 23.9. The highest BCUT2D eigenvalue weighted by atomic mass is 19.4. The van der Waals surface area contributed by atoms with E-state index in [1.807, 2.05) is 12.1 Å². The van der Waals surface area contributed by atoms with Crippen molar-refractivity contribution in [3.63, 3.8) is 0 Å². The van der Waals surface area contributed by atoms with Crippen LogP contribution in [0.5, 0.6) is 11.5 Å². The molecule has 1 heterocycles. The molecule has 9 nitrogen and oxygen atoms in total. The molecule has 2 aromatic rings. The molecule has 1 aliphatic carbocycles. The van der Waals surface area contributed by atoms with Crippen LogP contribution in [0.15, 0.2) is 36.4 Å². The third-order valence-electron chi connectivity index (χ3n) is 7.77. The Morgan fingerprint density at radius 3 is 2.26 bits per heavy atom. The van der Waals surface area contributed by atoms with E-state index < -0.39 is 35.5 Å². The van der Waals surface area contributed by atoms with E-state index in [-0.39, 0.29) is 23.2 Å². The first kappa shape index (κ1) is 33.3. The van der Waals surface area contributed by atoms with Gasteiger partial charge in [-0.25, -0.2) is 9.59 Å². The van der Waals surface area contributed by atoms with Gasteiger partial charge in [-0.1, -0.05) is 6.07 Å². The fraction of sp³-hybridized carbons (Fsp3) is 0.464. The monoisotopic (exact) mass is 616 g/mol. The van der Waals surface area contributed by atoms with E-state index >= 15 is 0 Å². The van der Waals surface area contributed by atoms with Crippen LogP contribution in [0, 0.1) is 11.3 Å². The molecule has 3 N–H and O–H groups in total. The molecule has 0 radical (unpaired) electrons. The number of carbonyl (C=O) groups is 2. The quantitative estimate of drug-likeness (QED) is 0.377. The maximum Gasteiger partial charge on any atom is 0.490 e. The number of urea groups is 1. The Labute approximate surface area is 243 Å². The van der Waals surface area contributed by atoms with Gasteiger partial charge in [-0.05, 0) is 75.2 Å². The van der Waals surface area contributed by atoms with Crippen molar-refractivity contribution in [2.45, 2.75) is 55.5 Å². The first-order valence-electron chi connectivity index (χ1n) is 13.0. The number of carboxylic acid groups (broad SMARTS) is 1. The van der Waals surface area contributed by atoms with Crippen molar-refractivity contribution in [2.24, 2.45) is 0 Å². The number of ether oxygens (including phenoxy) is 2. The van der Waals surface area contributed by atoms with Gasteiger partial charge in [-0.3, -0.25) is 0 Å². The smallest absolute Gasteiger partial charge is 0.490 e. The zero-order chi connectivity index (χ0) is 32.2. The molecule has 2 fully saturated rings. The van der Waals surface area contributed by atoms with Crippen LogP contribution in [0.4, 0.5) is 36.8 Å². The largest absolute Gasteiger partial charge is 0.493 e. The van der Waals surface area contributed by atoms with Gasteiger partial charge in [0, 0.05) is 23.2 Å². The third kappa shape index (κ3) is 7.61.